The van der Waals surface area contributed by atoms with Crippen molar-refractivity contribution in [1.29, 1.82) is 0 Å². The van der Waals surface area contributed by atoms with Crippen LogP contribution in [0.2, 0.25) is 5.02 Å². The van der Waals surface area contributed by atoms with Gasteiger partial charge in [-0.15, -0.1) is 10.2 Å². The van der Waals surface area contributed by atoms with Gasteiger partial charge in [0.15, 0.2) is 16.8 Å². The highest BCUT2D eigenvalue weighted by molar-refractivity contribution is 7.99. The molecule has 0 unspecified atom stereocenters. The number of carbonyl (C=O) groups excluding carboxylic acids is 1. The molecule has 156 valence electrons. The highest BCUT2D eigenvalue weighted by atomic mass is 35.5. The van der Waals surface area contributed by atoms with Crippen LogP contribution in [0.15, 0.2) is 76.5 Å². The Morgan fingerprint density at radius 2 is 1.84 bits per heavy atom. The Morgan fingerprint density at radius 3 is 2.48 bits per heavy atom. The van der Waals surface area contributed by atoms with Crippen molar-refractivity contribution in [3.8, 4) is 11.4 Å². The van der Waals surface area contributed by atoms with Gasteiger partial charge in [-0.2, -0.15) is 0 Å². The smallest absolute Gasteiger partial charge is 0.269 e. The molecule has 2 aromatic heterocycles. The summed E-state index contributed by atoms with van der Waals surface area (Å²) in [5, 5.41) is 20.5. The molecule has 0 aliphatic carbocycles. The summed E-state index contributed by atoms with van der Waals surface area (Å²) < 4.78 is 7.34. The maximum Gasteiger partial charge on any atom is 0.269 e. The monoisotopic (exact) mass is 454 g/mol. The third-order valence-corrected chi connectivity index (χ3v) is 5.66. The number of nitro groups is 1. The standard InChI is InChI=1S/C21H15ClN4O4S/c22-16-7-3-15(4-8-16)20-23-24-21(25(20)12-18-2-1-11-30-18)31-13-19(27)14-5-9-17(10-6-14)26(28)29/h1-11H,12-13H2. The summed E-state index contributed by atoms with van der Waals surface area (Å²) in [6, 6.07) is 16.4. The molecule has 0 aliphatic rings. The van der Waals surface area contributed by atoms with Crippen LogP contribution in [-0.2, 0) is 6.54 Å². The first-order chi connectivity index (χ1) is 15.0. The molecule has 2 heterocycles. The summed E-state index contributed by atoms with van der Waals surface area (Å²) in [6.07, 6.45) is 1.59. The van der Waals surface area contributed by atoms with Gasteiger partial charge in [0, 0.05) is 28.3 Å². The topological polar surface area (TPSA) is 104 Å². The Morgan fingerprint density at radius 1 is 1.10 bits per heavy atom. The number of Topliss-reactive ketones (excluding diaryl/α,β-unsaturated/α-hetero) is 1. The van der Waals surface area contributed by atoms with Crippen molar-refractivity contribution in [2.45, 2.75) is 11.7 Å². The van der Waals surface area contributed by atoms with Crippen molar-refractivity contribution in [1.82, 2.24) is 14.8 Å². The minimum atomic E-state index is -0.502. The van der Waals surface area contributed by atoms with E-state index in [1.54, 1.807) is 24.5 Å². The molecule has 4 rings (SSSR count). The van der Waals surface area contributed by atoms with Crippen LogP contribution in [0.3, 0.4) is 0 Å². The number of furan rings is 1. The number of thioether (sulfide) groups is 1. The second-order valence-corrected chi connectivity index (χ2v) is 7.87. The van der Waals surface area contributed by atoms with E-state index < -0.39 is 4.92 Å². The predicted octanol–water partition coefficient (Wildman–Crippen LogP) is 5.12. The summed E-state index contributed by atoms with van der Waals surface area (Å²) in [5.41, 5.74) is 1.17. The molecule has 4 aromatic rings. The van der Waals surface area contributed by atoms with E-state index in [4.69, 9.17) is 16.0 Å². The predicted molar refractivity (Wildman–Crippen MR) is 116 cm³/mol. The van der Waals surface area contributed by atoms with Crippen LogP contribution in [0.5, 0.6) is 0 Å². The van der Waals surface area contributed by atoms with Gasteiger partial charge in [-0.05, 0) is 48.5 Å². The van der Waals surface area contributed by atoms with E-state index in [2.05, 4.69) is 10.2 Å². The molecular formula is C21H15ClN4O4S. The molecule has 0 radical (unpaired) electrons. The fraction of sp³-hybridized carbons (Fsp3) is 0.0952. The van der Waals surface area contributed by atoms with Gasteiger partial charge in [0.2, 0.25) is 0 Å². The fourth-order valence-electron chi connectivity index (χ4n) is 2.89. The van der Waals surface area contributed by atoms with Crippen LogP contribution >= 0.6 is 23.4 Å². The fourth-order valence-corrected chi connectivity index (χ4v) is 3.85. The molecule has 2 aromatic carbocycles. The van der Waals surface area contributed by atoms with E-state index in [9.17, 15) is 14.9 Å². The summed E-state index contributed by atoms with van der Waals surface area (Å²) in [6.45, 7) is 0.395. The number of benzene rings is 2. The number of hydrogen-bond acceptors (Lipinski definition) is 7. The van der Waals surface area contributed by atoms with Gasteiger partial charge in [0.25, 0.3) is 5.69 Å². The molecule has 0 fully saturated rings. The number of hydrogen-bond donors (Lipinski definition) is 0. The lowest BCUT2D eigenvalue weighted by Gasteiger charge is -2.09. The van der Waals surface area contributed by atoms with Gasteiger partial charge in [-0.3, -0.25) is 19.5 Å². The van der Waals surface area contributed by atoms with E-state index in [1.165, 1.54) is 36.0 Å². The zero-order valence-corrected chi connectivity index (χ0v) is 17.5. The number of carbonyl (C=O) groups is 1. The second kappa shape index (κ2) is 9.15. The van der Waals surface area contributed by atoms with Crippen LogP contribution < -0.4 is 0 Å². The Labute approximate surface area is 186 Å². The molecule has 0 bridgehead atoms. The lowest BCUT2D eigenvalue weighted by molar-refractivity contribution is -0.384. The third kappa shape index (κ3) is 4.84. The number of nitrogens with zero attached hydrogens (tertiary/aromatic N) is 4. The minimum absolute atomic E-state index is 0.0602. The largest absolute Gasteiger partial charge is 0.467 e. The highest BCUT2D eigenvalue weighted by Gasteiger charge is 2.18. The lowest BCUT2D eigenvalue weighted by Crippen LogP contribution is -2.07. The van der Waals surface area contributed by atoms with Crippen molar-refractivity contribution in [3.63, 3.8) is 0 Å². The molecule has 0 saturated heterocycles. The molecule has 10 heteroatoms. The normalized spacial score (nSPS) is 10.9. The number of ketones is 1. The Bertz CT molecular complexity index is 1210. The number of halogens is 1. The van der Waals surface area contributed by atoms with Crippen molar-refractivity contribution in [3.05, 3.63) is 93.4 Å². The molecule has 0 saturated carbocycles. The molecule has 0 spiro atoms. The van der Waals surface area contributed by atoms with Crippen LogP contribution in [0, 0.1) is 10.1 Å². The average Bonchev–Trinajstić information content (AvgIpc) is 3.43. The van der Waals surface area contributed by atoms with Crippen LogP contribution in [-0.4, -0.2) is 31.2 Å². The Hall–Kier alpha value is -3.43. The Balaban J connectivity index is 1.56. The van der Waals surface area contributed by atoms with E-state index >= 15 is 0 Å². The van der Waals surface area contributed by atoms with Gasteiger partial charge in [0.05, 0.1) is 23.5 Å². The van der Waals surface area contributed by atoms with Gasteiger partial charge in [0.1, 0.15) is 5.76 Å². The molecule has 0 amide bonds. The Kier molecular flexibility index (Phi) is 6.15. The molecule has 0 aliphatic heterocycles. The number of aromatic nitrogens is 3. The lowest BCUT2D eigenvalue weighted by atomic mass is 10.1. The highest BCUT2D eigenvalue weighted by Crippen LogP contribution is 2.27. The zero-order valence-electron chi connectivity index (χ0n) is 16.0. The number of non-ortho nitro benzene ring substituents is 1. The molecule has 0 atom stereocenters. The van der Waals surface area contributed by atoms with E-state index in [-0.39, 0.29) is 17.2 Å². The van der Waals surface area contributed by atoms with Crippen molar-refractivity contribution >= 4 is 34.8 Å². The molecule has 31 heavy (non-hydrogen) atoms. The number of rotatable bonds is 8. The number of nitro benzene ring substituents is 1. The zero-order chi connectivity index (χ0) is 21.8. The van der Waals surface area contributed by atoms with Crippen molar-refractivity contribution < 1.29 is 14.1 Å². The van der Waals surface area contributed by atoms with Crippen LogP contribution in [0.25, 0.3) is 11.4 Å². The average molecular weight is 455 g/mol. The van der Waals surface area contributed by atoms with Crippen LogP contribution in [0.4, 0.5) is 5.69 Å². The summed E-state index contributed by atoms with van der Waals surface area (Å²) in [4.78, 5) is 22.8. The first kappa shape index (κ1) is 20.8. The van der Waals surface area contributed by atoms with Gasteiger partial charge >= 0.3 is 0 Å². The van der Waals surface area contributed by atoms with Crippen molar-refractivity contribution in [2.24, 2.45) is 0 Å². The molecule has 0 N–H and O–H groups in total. The van der Waals surface area contributed by atoms with Crippen LogP contribution in [0.1, 0.15) is 16.1 Å². The second-order valence-electron chi connectivity index (χ2n) is 6.49. The van der Waals surface area contributed by atoms with Crippen molar-refractivity contribution in [2.75, 3.05) is 5.75 Å². The van der Waals surface area contributed by atoms with Gasteiger partial charge in [-0.25, -0.2) is 0 Å². The third-order valence-electron chi connectivity index (χ3n) is 4.45. The first-order valence-electron chi connectivity index (χ1n) is 9.13. The maximum absolute atomic E-state index is 12.6. The van der Waals surface area contributed by atoms with E-state index in [0.29, 0.717) is 28.1 Å². The SMILES string of the molecule is O=C(CSc1nnc(-c2ccc(Cl)cc2)n1Cc1ccco1)c1ccc([N+](=O)[O-])cc1. The van der Waals surface area contributed by atoms with Gasteiger partial charge in [-0.1, -0.05) is 23.4 Å². The summed E-state index contributed by atoms with van der Waals surface area (Å²) in [7, 11) is 0. The summed E-state index contributed by atoms with van der Waals surface area (Å²) >= 11 is 7.23. The minimum Gasteiger partial charge on any atom is -0.467 e. The van der Waals surface area contributed by atoms with E-state index in [0.717, 1.165) is 11.3 Å². The first-order valence-corrected chi connectivity index (χ1v) is 10.5. The molecular weight excluding hydrogens is 440 g/mol. The molecule has 8 nitrogen and oxygen atoms in total. The summed E-state index contributed by atoms with van der Waals surface area (Å²) in [5.74, 6) is 1.28. The van der Waals surface area contributed by atoms with E-state index in [1.807, 2.05) is 22.8 Å². The van der Waals surface area contributed by atoms with Gasteiger partial charge < -0.3 is 4.42 Å². The maximum atomic E-state index is 12.6. The quantitative estimate of drug-likeness (QED) is 0.157.